The van der Waals surface area contributed by atoms with Crippen molar-refractivity contribution < 1.29 is 23.2 Å². The molecule has 0 atom stereocenters. The number of carboxylic acids is 1. The second-order valence-corrected chi connectivity index (χ2v) is 5.87. The third-order valence-corrected chi connectivity index (χ3v) is 5.38. The quantitative estimate of drug-likeness (QED) is 0.553. The van der Waals surface area contributed by atoms with Gasteiger partial charge in [0.2, 0.25) is 0 Å². The van der Waals surface area contributed by atoms with Crippen LogP contribution in [0.5, 0.6) is 0 Å². The molecular formula is C9H18O5Si. The fourth-order valence-electron chi connectivity index (χ4n) is 1.46. The van der Waals surface area contributed by atoms with Gasteiger partial charge >= 0.3 is 14.8 Å². The van der Waals surface area contributed by atoms with Crippen LogP contribution < -0.4 is 0 Å². The van der Waals surface area contributed by atoms with Crippen molar-refractivity contribution in [1.29, 1.82) is 0 Å². The molecule has 1 N–H and O–H groups in total. The summed E-state index contributed by atoms with van der Waals surface area (Å²) in [7, 11) is 1.41. The van der Waals surface area contributed by atoms with Crippen molar-refractivity contribution in [2.24, 2.45) is 0 Å². The number of rotatable bonds is 6. The summed E-state index contributed by atoms with van der Waals surface area (Å²) in [5.74, 6) is -0.977. The molecule has 5 nitrogen and oxygen atoms in total. The van der Waals surface area contributed by atoms with Gasteiger partial charge in [-0.05, 0) is 13.3 Å². The summed E-state index contributed by atoms with van der Waals surface area (Å²) in [6.45, 7) is 3.38. The predicted molar refractivity (Wildman–Crippen MR) is 57.4 cm³/mol. The maximum atomic E-state index is 10.9. The molecule has 0 rings (SSSR count). The van der Waals surface area contributed by atoms with Crippen LogP contribution >= 0.6 is 0 Å². The molecule has 0 heterocycles. The summed E-state index contributed by atoms with van der Waals surface area (Å²) in [5, 5.41) is 9.53. The van der Waals surface area contributed by atoms with Crippen LogP contribution in [0.4, 0.5) is 0 Å². The Kier molecular flexibility index (Phi) is 5.74. The van der Waals surface area contributed by atoms with Gasteiger partial charge in [-0.15, -0.1) is 0 Å². The molecule has 0 unspecified atom stereocenters. The molecule has 0 radical (unpaired) electrons. The van der Waals surface area contributed by atoms with Crippen LogP contribution in [0.3, 0.4) is 0 Å². The van der Waals surface area contributed by atoms with Crippen molar-refractivity contribution >= 4 is 14.8 Å². The smallest absolute Gasteiger partial charge is 0.478 e. The summed E-state index contributed by atoms with van der Waals surface area (Å²) in [4.78, 5) is 10.9. The van der Waals surface area contributed by atoms with E-state index in [2.05, 4.69) is 0 Å². The van der Waals surface area contributed by atoms with Gasteiger partial charge in [-0.2, -0.15) is 0 Å². The SMILES string of the molecule is CCC(=C(C)C(=O)O)[Si](OC)(OC)OC. The molecule has 15 heavy (non-hydrogen) atoms. The third kappa shape index (κ3) is 2.88. The number of aliphatic carboxylic acids is 1. The zero-order chi connectivity index (χ0) is 12.1. The van der Waals surface area contributed by atoms with Crippen LogP contribution in [0.15, 0.2) is 10.8 Å². The minimum Gasteiger partial charge on any atom is -0.478 e. The molecule has 0 aliphatic rings. The van der Waals surface area contributed by atoms with Gasteiger partial charge in [-0.3, -0.25) is 0 Å². The Bertz CT molecular complexity index is 249. The van der Waals surface area contributed by atoms with E-state index >= 15 is 0 Å². The first-order valence-electron chi connectivity index (χ1n) is 4.58. The van der Waals surface area contributed by atoms with Crippen molar-refractivity contribution in [3.63, 3.8) is 0 Å². The molecule has 0 saturated heterocycles. The summed E-state index contributed by atoms with van der Waals surface area (Å²) < 4.78 is 15.7. The van der Waals surface area contributed by atoms with Gasteiger partial charge in [-0.25, -0.2) is 4.79 Å². The highest BCUT2D eigenvalue weighted by Crippen LogP contribution is 2.24. The summed E-state index contributed by atoms with van der Waals surface area (Å²) in [5.41, 5.74) is 0.231. The van der Waals surface area contributed by atoms with Crippen LogP contribution in [0.25, 0.3) is 0 Å². The molecule has 0 saturated carbocycles. The Labute approximate surface area is 91.0 Å². The molecule has 0 aromatic carbocycles. The molecule has 0 aliphatic heterocycles. The zero-order valence-corrected chi connectivity index (χ0v) is 10.8. The van der Waals surface area contributed by atoms with Gasteiger partial charge in [0, 0.05) is 32.1 Å². The standard InChI is InChI=1S/C9H18O5Si/c1-6-8(7(2)9(10)11)15(12-3,13-4)14-5/h6H2,1-5H3,(H,10,11). The molecule has 6 heteroatoms. The maximum absolute atomic E-state index is 10.9. The van der Waals surface area contributed by atoms with Gasteiger partial charge in [0.15, 0.2) is 0 Å². The lowest BCUT2D eigenvalue weighted by atomic mass is 10.2. The summed E-state index contributed by atoms with van der Waals surface area (Å²) in [6, 6.07) is 0. The van der Waals surface area contributed by atoms with Crippen molar-refractivity contribution in [2.45, 2.75) is 20.3 Å². The molecule has 0 spiro atoms. The maximum Gasteiger partial charge on any atom is 0.532 e. The number of hydrogen-bond donors (Lipinski definition) is 1. The second kappa shape index (κ2) is 6.01. The fraction of sp³-hybridized carbons (Fsp3) is 0.667. The topological polar surface area (TPSA) is 65.0 Å². The monoisotopic (exact) mass is 234 g/mol. The molecule has 88 valence electrons. The van der Waals surface area contributed by atoms with Gasteiger partial charge in [0.25, 0.3) is 0 Å². The lowest BCUT2D eigenvalue weighted by Gasteiger charge is -2.27. The van der Waals surface area contributed by atoms with Crippen molar-refractivity contribution in [1.82, 2.24) is 0 Å². The average molecular weight is 234 g/mol. The first-order valence-corrected chi connectivity index (χ1v) is 6.30. The number of allylic oxidation sites excluding steroid dienone is 1. The number of hydrogen-bond acceptors (Lipinski definition) is 4. The van der Waals surface area contributed by atoms with E-state index < -0.39 is 14.8 Å². The van der Waals surface area contributed by atoms with Crippen LogP contribution in [-0.2, 0) is 18.1 Å². The van der Waals surface area contributed by atoms with E-state index in [-0.39, 0.29) is 5.57 Å². The first kappa shape index (κ1) is 14.3. The van der Waals surface area contributed by atoms with Crippen LogP contribution in [0.2, 0.25) is 0 Å². The fourth-order valence-corrected chi connectivity index (χ4v) is 3.70. The second-order valence-electron chi connectivity index (χ2n) is 2.93. The lowest BCUT2D eigenvalue weighted by Crippen LogP contribution is -2.46. The average Bonchev–Trinajstić information content (AvgIpc) is 2.25. The third-order valence-electron chi connectivity index (χ3n) is 2.30. The Morgan fingerprint density at radius 2 is 1.60 bits per heavy atom. The van der Waals surface area contributed by atoms with Crippen LogP contribution in [0.1, 0.15) is 20.3 Å². The van der Waals surface area contributed by atoms with Crippen molar-refractivity contribution in [2.75, 3.05) is 21.3 Å². The van der Waals surface area contributed by atoms with Gasteiger partial charge < -0.3 is 18.4 Å². The van der Waals surface area contributed by atoms with E-state index in [4.69, 9.17) is 18.4 Å². The van der Waals surface area contributed by atoms with E-state index in [0.29, 0.717) is 11.6 Å². The van der Waals surface area contributed by atoms with Crippen molar-refractivity contribution in [3.05, 3.63) is 10.8 Å². The highest BCUT2D eigenvalue weighted by molar-refractivity contribution is 6.69. The van der Waals surface area contributed by atoms with E-state index in [1.54, 1.807) is 0 Å². The van der Waals surface area contributed by atoms with E-state index in [9.17, 15) is 4.79 Å². The van der Waals surface area contributed by atoms with E-state index in [1.807, 2.05) is 6.92 Å². The van der Waals surface area contributed by atoms with E-state index in [0.717, 1.165) is 0 Å². The Morgan fingerprint density at radius 3 is 1.80 bits per heavy atom. The molecule has 0 fully saturated rings. The van der Waals surface area contributed by atoms with Gasteiger partial charge in [0.05, 0.1) is 0 Å². The number of carbonyl (C=O) groups is 1. The molecule has 0 aromatic rings. The van der Waals surface area contributed by atoms with Crippen molar-refractivity contribution in [3.8, 4) is 0 Å². The normalized spacial score (nSPS) is 13.7. The van der Waals surface area contributed by atoms with Crippen LogP contribution in [0, 0.1) is 0 Å². The van der Waals surface area contributed by atoms with Gasteiger partial charge in [-0.1, -0.05) is 6.92 Å². The Morgan fingerprint density at radius 1 is 1.20 bits per heavy atom. The molecular weight excluding hydrogens is 216 g/mol. The highest BCUT2D eigenvalue weighted by Gasteiger charge is 2.44. The first-order chi connectivity index (χ1) is 6.98. The molecule has 0 aliphatic carbocycles. The largest absolute Gasteiger partial charge is 0.532 e. The van der Waals surface area contributed by atoms with Crippen LogP contribution in [-0.4, -0.2) is 41.2 Å². The summed E-state index contributed by atoms with van der Waals surface area (Å²) >= 11 is 0. The highest BCUT2D eigenvalue weighted by atomic mass is 28.4. The molecule has 0 amide bonds. The number of carboxylic acid groups (broad SMARTS) is 1. The predicted octanol–water partition coefficient (Wildman–Crippen LogP) is 1.21. The van der Waals surface area contributed by atoms with Gasteiger partial charge in [0.1, 0.15) is 0 Å². The lowest BCUT2D eigenvalue weighted by molar-refractivity contribution is -0.132. The minimum atomic E-state index is -2.97. The molecule has 0 bridgehead atoms. The minimum absolute atomic E-state index is 0.231. The Hall–Kier alpha value is -0.693. The Balaban J connectivity index is 5.43. The van der Waals surface area contributed by atoms with E-state index in [1.165, 1.54) is 28.3 Å². The zero-order valence-electron chi connectivity index (χ0n) is 9.79. The molecule has 0 aromatic heterocycles. The summed E-state index contributed by atoms with van der Waals surface area (Å²) in [6.07, 6.45) is 0.528.